The van der Waals surface area contributed by atoms with Gasteiger partial charge >= 0.3 is 0 Å². The normalized spacial score (nSPS) is 11.5. The first-order chi connectivity index (χ1) is 9.24. The largest absolute Gasteiger partial charge is 0.198 e. The summed E-state index contributed by atoms with van der Waals surface area (Å²) in [4.78, 5) is 0. The lowest BCUT2D eigenvalue weighted by molar-refractivity contribution is 0.277. The van der Waals surface area contributed by atoms with E-state index in [4.69, 9.17) is 0 Å². The minimum atomic E-state index is -0.00190. The molecular weight excluding hydrogens is 230 g/mol. The Morgan fingerprint density at radius 3 is 1.37 bits per heavy atom. The average molecular weight is 265 g/mol. The lowest BCUT2D eigenvalue weighted by Crippen LogP contribution is -2.19. The molecule has 0 spiro atoms. The van der Waals surface area contributed by atoms with Gasteiger partial charge in [0.05, 0.1) is 11.5 Å². The van der Waals surface area contributed by atoms with E-state index in [1.54, 1.807) is 0 Å². The second-order valence-electron chi connectivity index (χ2n) is 6.12. The van der Waals surface area contributed by atoms with Gasteiger partial charge in [-0.2, -0.15) is 5.26 Å². The zero-order valence-electron chi connectivity index (χ0n) is 13.6. The van der Waals surface area contributed by atoms with E-state index >= 15 is 0 Å². The van der Waals surface area contributed by atoms with Crippen LogP contribution in [0.15, 0.2) is 0 Å². The van der Waals surface area contributed by atoms with Gasteiger partial charge < -0.3 is 0 Å². The Morgan fingerprint density at radius 1 is 0.632 bits per heavy atom. The Hall–Kier alpha value is -0.510. The Bertz CT molecular complexity index is 216. The smallest absolute Gasteiger partial charge is 0.0689 e. The highest BCUT2D eigenvalue weighted by Gasteiger charge is 2.28. The van der Waals surface area contributed by atoms with Crippen LogP contribution in [0.3, 0.4) is 0 Å². The zero-order chi connectivity index (χ0) is 14.4. The highest BCUT2D eigenvalue weighted by Crippen LogP contribution is 2.36. The van der Waals surface area contributed by atoms with Crippen molar-refractivity contribution in [2.75, 3.05) is 0 Å². The van der Waals surface area contributed by atoms with Gasteiger partial charge in [-0.25, -0.2) is 0 Å². The van der Waals surface area contributed by atoms with Crippen LogP contribution in [-0.4, -0.2) is 0 Å². The Labute approximate surface area is 121 Å². The molecule has 0 rings (SSSR count). The quantitative estimate of drug-likeness (QED) is 0.343. The molecule has 0 atom stereocenters. The minimum absolute atomic E-state index is 0.00190. The fraction of sp³-hybridized carbons (Fsp3) is 0.944. The fourth-order valence-corrected chi connectivity index (χ4v) is 2.86. The molecule has 0 bridgehead atoms. The number of nitrogens with zero attached hydrogens (tertiary/aromatic N) is 1. The van der Waals surface area contributed by atoms with Gasteiger partial charge in [-0.05, 0) is 19.3 Å². The molecule has 0 radical (unpaired) electrons. The maximum absolute atomic E-state index is 9.68. The van der Waals surface area contributed by atoms with Crippen LogP contribution in [0.2, 0.25) is 0 Å². The lowest BCUT2D eigenvalue weighted by atomic mass is 9.75. The third-order valence-electron chi connectivity index (χ3n) is 4.26. The fourth-order valence-electron chi connectivity index (χ4n) is 2.86. The molecule has 0 saturated heterocycles. The van der Waals surface area contributed by atoms with Crippen molar-refractivity contribution < 1.29 is 0 Å². The molecule has 0 aromatic carbocycles. The molecule has 0 fully saturated rings. The topological polar surface area (TPSA) is 23.8 Å². The van der Waals surface area contributed by atoms with Crippen LogP contribution in [-0.2, 0) is 0 Å². The van der Waals surface area contributed by atoms with Crippen molar-refractivity contribution in [3.63, 3.8) is 0 Å². The Balaban J connectivity index is 4.25. The summed E-state index contributed by atoms with van der Waals surface area (Å²) in [6.07, 6.45) is 16.1. The maximum Gasteiger partial charge on any atom is 0.0689 e. The van der Waals surface area contributed by atoms with Crippen molar-refractivity contribution in [3.05, 3.63) is 0 Å². The van der Waals surface area contributed by atoms with Gasteiger partial charge in [-0.15, -0.1) is 0 Å². The van der Waals surface area contributed by atoms with Crippen molar-refractivity contribution in [1.82, 2.24) is 0 Å². The predicted molar refractivity (Wildman–Crippen MR) is 85.1 cm³/mol. The highest BCUT2D eigenvalue weighted by atomic mass is 14.4. The van der Waals surface area contributed by atoms with Gasteiger partial charge in [0, 0.05) is 0 Å². The maximum atomic E-state index is 9.68. The van der Waals surface area contributed by atoms with E-state index in [-0.39, 0.29) is 5.41 Å². The minimum Gasteiger partial charge on any atom is -0.198 e. The third kappa shape index (κ3) is 9.09. The summed E-state index contributed by atoms with van der Waals surface area (Å²) in [7, 11) is 0. The summed E-state index contributed by atoms with van der Waals surface area (Å²) in [6.45, 7) is 6.73. The van der Waals surface area contributed by atoms with E-state index < -0.39 is 0 Å². The second-order valence-corrected chi connectivity index (χ2v) is 6.12. The van der Waals surface area contributed by atoms with E-state index in [1.807, 2.05) is 0 Å². The predicted octanol–water partition coefficient (Wildman–Crippen LogP) is 6.63. The zero-order valence-corrected chi connectivity index (χ0v) is 13.6. The summed E-state index contributed by atoms with van der Waals surface area (Å²) in [6, 6.07) is 2.71. The standard InChI is InChI=1S/C18H35N/c1-4-7-10-13-16-18(17-19,14-11-8-5-2)15-12-9-6-3/h4-16H2,1-3H3. The van der Waals surface area contributed by atoms with Crippen molar-refractivity contribution in [2.24, 2.45) is 5.41 Å². The van der Waals surface area contributed by atoms with Crippen LogP contribution in [0.5, 0.6) is 0 Å². The van der Waals surface area contributed by atoms with Crippen LogP contribution in [0.1, 0.15) is 104 Å². The number of hydrogen-bond acceptors (Lipinski definition) is 1. The van der Waals surface area contributed by atoms with Crippen LogP contribution in [0, 0.1) is 16.7 Å². The van der Waals surface area contributed by atoms with Gasteiger partial charge in [-0.3, -0.25) is 0 Å². The number of unbranched alkanes of at least 4 members (excludes halogenated alkanes) is 7. The molecule has 0 aliphatic heterocycles. The van der Waals surface area contributed by atoms with Crippen LogP contribution >= 0.6 is 0 Å². The van der Waals surface area contributed by atoms with E-state index in [9.17, 15) is 5.26 Å². The Kier molecular flexibility index (Phi) is 12.2. The first-order valence-electron chi connectivity index (χ1n) is 8.66. The summed E-state index contributed by atoms with van der Waals surface area (Å²) >= 11 is 0. The van der Waals surface area contributed by atoms with Gasteiger partial charge in [-0.1, -0.05) is 85.0 Å². The van der Waals surface area contributed by atoms with E-state index in [0.717, 1.165) is 19.3 Å². The molecule has 0 aromatic heterocycles. The summed E-state index contributed by atoms with van der Waals surface area (Å²) < 4.78 is 0. The molecule has 112 valence electrons. The summed E-state index contributed by atoms with van der Waals surface area (Å²) in [5, 5.41) is 9.68. The average Bonchev–Trinajstić information content (AvgIpc) is 2.43. The second kappa shape index (κ2) is 12.5. The molecule has 0 aliphatic carbocycles. The van der Waals surface area contributed by atoms with E-state index in [2.05, 4.69) is 26.8 Å². The van der Waals surface area contributed by atoms with Crippen LogP contribution in [0.4, 0.5) is 0 Å². The molecule has 0 aromatic rings. The molecule has 1 nitrogen and oxygen atoms in total. The first-order valence-corrected chi connectivity index (χ1v) is 8.66. The van der Waals surface area contributed by atoms with Gasteiger partial charge in [0.25, 0.3) is 0 Å². The third-order valence-corrected chi connectivity index (χ3v) is 4.26. The number of nitriles is 1. The molecule has 0 N–H and O–H groups in total. The molecule has 0 unspecified atom stereocenters. The lowest BCUT2D eigenvalue weighted by Gasteiger charge is -2.27. The molecule has 0 aliphatic rings. The highest BCUT2D eigenvalue weighted by molar-refractivity contribution is 4.98. The molecule has 1 heteroatoms. The first kappa shape index (κ1) is 18.5. The van der Waals surface area contributed by atoms with Gasteiger partial charge in [0.15, 0.2) is 0 Å². The number of hydrogen-bond donors (Lipinski definition) is 0. The molecule has 0 heterocycles. The van der Waals surface area contributed by atoms with Crippen molar-refractivity contribution in [3.8, 4) is 6.07 Å². The van der Waals surface area contributed by atoms with Crippen LogP contribution < -0.4 is 0 Å². The Morgan fingerprint density at radius 2 is 1.00 bits per heavy atom. The van der Waals surface area contributed by atoms with Crippen molar-refractivity contribution in [1.29, 1.82) is 5.26 Å². The molecule has 0 amide bonds. The van der Waals surface area contributed by atoms with Gasteiger partial charge in [0.1, 0.15) is 0 Å². The van der Waals surface area contributed by atoms with Gasteiger partial charge in [0.2, 0.25) is 0 Å². The molecule has 0 saturated carbocycles. The number of rotatable bonds is 13. The van der Waals surface area contributed by atoms with Crippen LogP contribution in [0.25, 0.3) is 0 Å². The van der Waals surface area contributed by atoms with Crippen molar-refractivity contribution in [2.45, 2.75) is 104 Å². The van der Waals surface area contributed by atoms with Crippen molar-refractivity contribution >= 4 is 0 Å². The molecule has 19 heavy (non-hydrogen) atoms. The monoisotopic (exact) mass is 265 g/mol. The summed E-state index contributed by atoms with van der Waals surface area (Å²) in [5.41, 5.74) is -0.00190. The summed E-state index contributed by atoms with van der Waals surface area (Å²) in [5.74, 6) is 0. The molecular formula is C18H35N. The SMILES string of the molecule is CCCCCCC(C#N)(CCCCC)CCCCC. The van der Waals surface area contributed by atoms with E-state index in [1.165, 1.54) is 64.2 Å². The van der Waals surface area contributed by atoms with E-state index in [0.29, 0.717) is 0 Å².